The lowest BCUT2D eigenvalue weighted by molar-refractivity contribution is 0.391. The maximum Gasteiger partial charge on any atom is 0.242 e. The van der Waals surface area contributed by atoms with E-state index in [4.69, 9.17) is 11.6 Å². The van der Waals surface area contributed by atoms with Gasteiger partial charge in [-0.15, -0.1) is 0 Å². The highest BCUT2D eigenvalue weighted by atomic mass is 79.9. The summed E-state index contributed by atoms with van der Waals surface area (Å²) in [6.07, 6.45) is 1.88. The third-order valence-electron chi connectivity index (χ3n) is 3.28. The van der Waals surface area contributed by atoms with Crippen LogP contribution in [0.3, 0.4) is 0 Å². The fourth-order valence-electron chi connectivity index (χ4n) is 2.09. The van der Waals surface area contributed by atoms with Crippen LogP contribution in [0.4, 0.5) is 0 Å². The molecule has 0 fully saturated rings. The first kappa shape index (κ1) is 17.0. The summed E-state index contributed by atoms with van der Waals surface area (Å²) in [7, 11) is -3.57. The van der Waals surface area contributed by atoms with Gasteiger partial charge in [-0.05, 0) is 31.0 Å². The summed E-state index contributed by atoms with van der Waals surface area (Å²) in [4.78, 5) is 0.121. The van der Waals surface area contributed by atoms with E-state index in [2.05, 4.69) is 34.5 Å². The number of benzene rings is 1. The van der Waals surface area contributed by atoms with E-state index in [-0.39, 0.29) is 16.0 Å². The predicted molar refractivity (Wildman–Crippen MR) is 83.0 cm³/mol. The largest absolute Gasteiger partial charge is 0.242 e. The van der Waals surface area contributed by atoms with Crippen LogP contribution in [0.5, 0.6) is 0 Å². The highest BCUT2D eigenvalue weighted by Gasteiger charge is 2.23. The molecule has 1 atom stereocenters. The lowest BCUT2D eigenvalue weighted by Crippen LogP contribution is -2.37. The third-order valence-corrected chi connectivity index (χ3v) is 5.82. The average molecular weight is 369 g/mol. The summed E-state index contributed by atoms with van der Waals surface area (Å²) < 4.78 is 28.1. The molecule has 1 rings (SSSR count). The minimum absolute atomic E-state index is 0.111. The molecule has 108 valence electrons. The Kier molecular flexibility index (Phi) is 6.30. The molecule has 0 heterocycles. The predicted octanol–water partition coefficient (Wildman–Crippen LogP) is 4.21. The number of nitrogens with one attached hydrogen (secondary N) is 1. The van der Waals surface area contributed by atoms with Gasteiger partial charge < -0.3 is 0 Å². The van der Waals surface area contributed by atoms with Crippen molar-refractivity contribution >= 4 is 37.6 Å². The molecule has 0 spiro atoms. The molecule has 1 unspecified atom stereocenters. The Morgan fingerprint density at radius 1 is 1.32 bits per heavy atom. The van der Waals surface area contributed by atoms with Gasteiger partial charge in [0.25, 0.3) is 0 Å². The van der Waals surface area contributed by atoms with Crippen LogP contribution < -0.4 is 4.72 Å². The van der Waals surface area contributed by atoms with Crippen LogP contribution in [0, 0.1) is 5.92 Å². The van der Waals surface area contributed by atoms with Gasteiger partial charge in [-0.3, -0.25) is 0 Å². The summed E-state index contributed by atoms with van der Waals surface area (Å²) in [5, 5.41) is 0.221. The Hall–Kier alpha value is -0.100. The van der Waals surface area contributed by atoms with Crippen molar-refractivity contribution in [3.05, 3.63) is 27.7 Å². The van der Waals surface area contributed by atoms with Gasteiger partial charge in [0.2, 0.25) is 10.0 Å². The quantitative estimate of drug-likeness (QED) is 0.817. The van der Waals surface area contributed by atoms with Gasteiger partial charge >= 0.3 is 0 Å². The highest BCUT2D eigenvalue weighted by Crippen LogP contribution is 2.26. The Labute approximate surface area is 128 Å². The Morgan fingerprint density at radius 2 is 1.89 bits per heavy atom. The maximum absolute atomic E-state index is 12.3. The van der Waals surface area contributed by atoms with Gasteiger partial charge in [-0.1, -0.05) is 54.2 Å². The lowest BCUT2D eigenvalue weighted by atomic mass is 9.96. The molecule has 0 radical (unpaired) electrons. The fraction of sp³-hybridized carbons (Fsp3) is 0.538. The molecule has 1 aromatic carbocycles. The van der Waals surface area contributed by atoms with Gasteiger partial charge in [0.05, 0.1) is 5.02 Å². The molecular weight excluding hydrogens is 350 g/mol. The smallest absolute Gasteiger partial charge is 0.208 e. The SMILES string of the molecule is CCC(CC)C(C)NS(=O)(=O)c1ccc(Br)cc1Cl. The summed E-state index contributed by atoms with van der Waals surface area (Å²) in [5.41, 5.74) is 0. The molecule has 6 heteroatoms. The highest BCUT2D eigenvalue weighted by molar-refractivity contribution is 9.10. The van der Waals surface area contributed by atoms with E-state index in [1.165, 1.54) is 6.07 Å². The number of halogens is 2. The molecule has 1 N–H and O–H groups in total. The molecule has 0 bridgehead atoms. The first-order valence-electron chi connectivity index (χ1n) is 6.29. The first-order chi connectivity index (χ1) is 8.81. The second kappa shape index (κ2) is 7.07. The number of sulfonamides is 1. The molecule has 0 aliphatic rings. The second-order valence-electron chi connectivity index (χ2n) is 4.56. The standard InChI is InChI=1S/C13H19BrClNO2S/c1-4-10(5-2)9(3)16-19(17,18)13-7-6-11(14)8-12(13)15/h6-10,16H,4-5H2,1-3H3. The molecule has 0 aliphatic heterocycles. The van der Waals surface area contributed by atoms with E-state index in [0.29, 0.717) is 5.92 Å². The molecule has 0 saturated heterocycles. The van der Waals surface area contributed by atoms with E-state index in [0.717, 1.165) is 17.3 Å². The summed E-state index contributed by atoms with van der Waals surface area (Å²) in [5.74, 6) is 0.323. The van der Waals surface area contributed by atoms with Gasteiger partial charge in [0.15, 0.2) is 0 Å². The summed E-state index contributed by atoms with van der Waals surface area (Å²) >= 11 is 9.26. The van der Waals surface area contributed by atoms with Crippen LogP contribution in [0.2, 0.25) is 5.02 Å². The fourth-order valence-corrected chi connectivity index (χ4v) is 4.44. The molecule has 0 aliphatic carbocycles. The zero-order chi connectivity index (χ0) is 14.6. The average Bonchev–Trinajstić information content (AvgIpc) is 2.29. The Morgan fingerprint density at radius 3 is 2.37 bits per heavy atom. The molecule has 1 aromatic rings. The molecule has 19 heavy (non-hydrogen) atoms. The van der Waals surface area contributed by atoms with Crippen molar-refractivity contribution in [1.29, 1.82) is 0 Å². The molecule has 0 aromatic heterocycles. The first-order valence-corrected chi connectivity index (χ1v) is 8.94. The zero-order valence-electron chi connectivity index (χ0n) is 11.3. The molecular formula is C13H19BrClNO2S. The number of rotatable bonds is 6. The van der Waals surface area contributed by atoms with Crippen molar-refractivity contribution < 1.29 is 8.42 Å². The van der Waals surface area contributed by atoms with Crippen LogP contribution >= 0.6 is 27.5 Å². The van der Waals surface area contributed by atoms with Gasteiger partial charge in [-0.25, -0.2) is 13.1 Å². The van der Waals surface area contributed by atoms with Crippen molar-refractivity contribution in [2.45, 2.75) is 44.6 Å². The molecule has 0 amide bonds. The summed E-state index contributed by atoms with van der Waals surface area (Å²) in [6.45, 7) is 6.01. The monoisotopic (exact) mass is 367 g/mol. The van der Waals surface area contributed by atoms with Crippen LogP contribution in [0.1, 0.15) is 33.6 Å². The van der Waals surface area contributed by atoms with Crippen LogP contribution in [0.25, 0.3) is 0 Å². The van der Waals surface area contributed by atoms with Crippen molar-refractivity contribution in [1.82, 2.24) is 4.72 Å². The van der Waals surface area contributed by atoms with Crippen LogP contribution in [-0.4, -0.2) is 14.5 Å². The van der Waals surface area contributed by atoms with Crippen molar-refractivity contribution in [3.63, 3.8) is 0 Å². The molecule has 0 saturated carbocycles. The second-order valence-corrected chi connectivity index (χ2v) is 7.57. The van der Waals surface area contributed by atoms with Crippen molar-refractivity contribution in [2.75, 3.05) is 0 Å². The van der Waals surface area contributed by atoms with Crippen LogP contribution in [0.15, 0.2) is 27.6 Å². The number of hydrogen-bond donors (Lipinski definition) is 1. The van der Waals surface area contributed by atoms with E-state index >= 15 is 0 Å². The Bertz CT molecular complexity index is 529. The van der Waals surface area contributed by atoms with Gasteiger partial charge in [0.1, 0.15) is 4.90 Å². The third kappa shape index (κ3) is 4.45. The summed E-state index contributed by atoms with van der Waals surface area (Å²) in [6, 6.07) is 4.65. The van der Waals surface area contributed by atoms with Crippen LogP contribution in [-0.2, 0) is 10.0 Å². The zero-order valence-corrected chi connectivity index (χ0v) is 14.4. The van der Waals surface area contributed by atoms with E-state index in [1.54, 1.807) is 12.1 Å². The number of hydrogen-bond acceptors (Lipinski definition) is 2. The normalized spacial score (nSPS) is 13.8. The van der Waals surface area contributed by atoms with Gasteiger partial charge in [-0.2, -0.15) is 0 Å². The minimum Gasteiger partial charge on any atom is -0.208 e. The molecule has 3 nitrogen and oxygen atoms in total. The topological polar surface area (TPSA) is 46.2 Å². The lowest BCUT2D eigenvalue weighted by Gasteiger charge is -2.22. The Balaban J connectivity index is 2.98. The van der Waals surface area contributed by atoms with Crippen molar-refractivity contribution in [3.8, 4) is 0 Å². The van der Waals surface area contributed by atoms with E-state index < -0.39 is 10.0 Å². The minimum atomic E-state index is -3.57. The van der Waals surface area contributed by atoms with E-state index in [9.17, 15) is 8.42 Å². The maximum atomic E-state index is 12.3. The van der Waals surface area contributed by atoms with Gasteiger partial charge in [0, 0.05) is 10.5 Å². The van der Waals surface area contributed by atoms with Crippen molar-refractivity contribution in [2.24, 2.45) is 5.92 Å². The van der Waals surface area contributed by atoms with E-state index in [1.807, 2.05) is 6.92 Å².